The molecule has 3 rings (SSSR count). The van der Waals surface area contributed by atoms with Gasteiger partial charge in [0.1, 0.15) is 16.3 Å². The summed E-state index contributed by atoms with van der Waals surface area (Å²) in [6.07, 6.45) is 1.53. The molecule has 0 saturated heterocycles. The van der Waals surface area contributed by atoms with Gasteiger partial charge >= 0.3 is 5.97 Å². The first-order valence-electron chi connectivity index (χ1n) is 7.70. The van der Waals surface area contributed by atoms with E-state index in [1.54, 1.807) is 11.5 Å². The molecule has 0 fully saturated rings. The fourth-order valence-electron chi connectivity index (χ4n) is 2.49. The van der Waals surface area contributed by atoms with Crippen LogP contribution in [0.3, 0.4) is 0 Å². The second-order valence-electron chi connectivity index (χ2n) is 5.85. The van der Waals surface area contributed by atoms with Gasteiger partial charge in [-0.25, -0.2) is 9.78 Å². The molecule has 0 N–H and O–H groups in total. The second-order valence-corrected chi connectivity index (χ2v) is 6.85. The number of carbonyl (C=O) groups is 1. The Labute approximate surface area is 143 Å². The number of esters is 1. The number of nitrogens with zero attached hydrogens (tertiary/aromatic N) is 2. The first-order valence-corrected chi connectivity index (χ1v) is 8.52. The molecule has 5 nitrogen and oxygen atoms in total. The quantitative estimate of drug-likeness (QED) is 0.678. The molecule has 6 heteroatoms. The highest BCUT2D eigenvalue weighted by Crippen LogP contribution is 2.28. The third-order valence-electron chi connectivity index (χ3n) is 3.83. The Morgan fingerprint density at radius 1 is 1.29 bits per heavy atom. The monoisotopic (exact) mass is 342 g/mol. The number of benzene rings is 1. The molecule has 0 unspecified atom stereocenters. The molecular formula is C18H18N2O3S. The minimum atomic E-state index is -0.421. The molecule has 0 spiro atoms. The van der Waals surface area contributed by atoms with Crippen LogP contribution in [0.1, 0.15) is 40.7 Å². The number of aromatic nitrogens is 2. The van der Waals surface area contributed by atoms with Gasteiger partial charge in [0.05, 0.1) is 11.7 Å². The molecule has 0 aliphatic carbocycles. The molecule has 0 bridgehead atoms. The van der Waals surface area contributed by atoms with Crippen LogP contribution < -0.4 is 5.56 Å². The topological polar surface area (TPSA) is 61.2 Å². The van der Waals surface area contributed by atoms with Gasteiger partial charge in [-0.3, -0.25) is 9.36 Å². The van der Waals surface area contributed by atoms with Crippen LogP contribution in [0, 0.1) is 6.92 Å². The third kappa shape index (κ3) is 2.97. The lowest BCUT2D eigenvalue weighted by atomic mass is 10.2. The van der Waals surface area contributed by atoms with Crippen molar-refractivity contribution in [3.8, 4) is 0 Å². The van der Waals surface area contributed by atoms with Crippen LogP contribution in [0.5, 0.6) is 0 Å². The van der Waals surface area contributed by atoms with Crippen LogP contribution in [0.4, 0.5) is 0 Å². The Balaban J connectivity index is 1.92. The fraction of sp³-hybridized carbons (Fsp3) is 0.278. The Hall–Kier alpha value is -2.47. The van der Waals surface area contributed by atoms with Crippen LogP contribution in [0.25, 0.3) is 10.2 Å². The Bertz CT molecular complexity index is 942. The van der Waals surface area contributed by atoms with E-state index in [1.165, 1.54) is 17.7 Å². The Morgan fingerprint density at radius 3 is 2.67 bits per heavy atom. The van der Waals surface area contributed by atoms with E-state index in [2.05, 4.69) is 4.98 Å². The van der Waals surface area contributed by atoms with Crippen molar-refractivity contribution < 1.29 is 9.53 Å². The van der Waals surface area contributed by atoms with Crippen molar-refractivity contribution in [3.63, 3.8) is 0 Å². The molecule has 0 aliphatic rings. The van der Waals surface area contributed by atoms with E-state index in [-0.39, 0.29) is 18.2 Å². The molecule has 3 aromatic rings. The smallest absolute Gasteiger partial charge is 0.349 e. The van der Waals surface area contributed by atoms with Crippen molar-refractivity contribution in [2.45, 2.75) is 33.4 Å². The van der Waals surface area contributed by atoms with E-state index in [0.717, 1.165) is 5.56 Å². The van der Waals surface area contributed by atoms with Gasteiger partial charge in [-0.15, -0.1) is 11.3 Å². The third-order valence-corrected chi connectivity index (χ3v) is 5.01. The predicted molar refractivity (Wildman–Crippen MR) is 94.6 cm³/mol. The van der Waals surface area contributed by atoms with Gasteiger partial charge in [0.25, 0.3) is 5.56 Å². The first kappa shape index (κ1) is 16.4. The molecular weight excluding hydrogens is 324 g/mol. The summed E-state index contributed by atoms with van der Waals surface area (Å²) in [4.78, 5) is 30.3. The number of ether oxygens (including phenoxy) is 1. The number of hydrogen-bond donors (Lipinski definition) is 0. The molecule has 0 aliphatic heterocycles. The van der Waals surface area contributed by atoms with Crippen molar-refractivity contribution in [2.24, 2.45) is 0 Å². The Morgan fingerprint density at radius 2 is 2.00 bits per heavy atom. The molecule has 0 radical (unpaired) electrons. The van der Waals surface area contributed by atoms with E-state index >= 15 is 0 Å². The molecule has 124 valence electrons. The maximum absolute atomic E-state index is 12.6. The highest BCUT2D eigenvalue weighted by Gasteiger charge is 2.21. The minimum Gasteiger partial charge on any atom is -0.457 e. The normalized spacial score (nSPS) is 11.2. The van der Waals surface area contributed by atoms with Gasteiger partial charge in [0.15, 0.2) is 0 Å². The summed E-state index contributed by atoms with van der Waals surface area (Å²) < 4.78 is 6.95. The highest BCUT2D eigenvalue weighted by molar-refractivity contribution is 7.20. The summed E-state index contributed by atoms with van der Waals surface area (Å²) in [5, 5.41) is 0.503. The zero-order valence-electron chi connectivity index (χ0n) is 13.8. The molecule has 2 heterocycles. The van der Waals surface area contributed by atoms with Gasteiger partial charge in [-0.2, -0.15) is 0 Å². The van der Waals surface area contributed by atoms with Crippen LogP contribution in [0.15, 0.2) is 41.5 Å². The Kier molecular flexibility index (Phi) is 4.49. The van der Waals surface area contributed by atoms with Crippen molar-refractivity contribution >= 4 is 27.5 Å². The van der Waals surface area contributed by atoms with Gasteiger partial charge in [-0.05, 0) is 31.9 Å². The van der Waals surface area contributed by atoms with Crippen molar-refractivity contribution in [2.75, 3.05) is 0 Å². The molecule has 0 atom stereocenters. The highest BCUT2D eigenvalue weighted by atomic mass is 32.1. The van der Waals surface area contributed by atoms with Gasteiger partial charge in [-0.1, -0.05) is 30.3 Å². The molecule has 0 amide bonds. The SMILES string of the molecule is Cc1c(C(=O)OCc2ccccc2)sc2ncn(C(C)C)c(=O)c12. The van der Waals surface area contributed by atoms with Gasteiger partial charge in [0.2, 0.25) is 0 Å². The standard InChI is InChI=1S/C18H18N2O3S/c1-11(2)20-10-19-16-14(17(20)21)12(3)15(24-16)18(22)23-9-13-7-5-4-6-8-13/h4-8,10-11H,9H2,1-3H3. The number of aryl methyl sites for hydroxylation is 1. The van der Waals surface area contributed by atoms with Gasteiger partial charge in [0, 0.05) is 6.04 Å². The number of carbonyl (C=O) groups excluding carboxylic acids is 1. The van der Waals surface area contributed by atoms with Crippen molar-refractivity contribution in [1.29, 1.82) is 0 Å². The maximum Gasteiger partial charge on any atom is 0.349 e. The number of hydrogen-bond acceptors (Lipinski definition) is 5. The van der Waals surface area contributed by atoms with Crippen LogP contribution in [-0.2, 0) is 11.3 Å². The molecule has 1 aromatic carbocycles. The van der Waals surface area contributed by atoms with E-state index in [0.29, 0.717) is 20.7 Å². The second kappa shape index (κ2) is 6.57. The number of fused-ring (bicyclic) bond motifs is 1. The van der Waals surface area contributed by atoms with E-state index in [1.807, 2.05) is 44.2 Å². The average molecular weight is 342 g/mol. The lowest BCUT2D eigenvalue weighted by molar-refractivity contribution is 0.0478. The summed E-state index contributed by atoms with van der Waals surface area (Å²) in [7, 11) is 0. The lowest BCUT2D eigenvalue weighted by Gasteiger charge is -2.08. The zero-order valence-corrected chi connectivity index (χ0v) is 14.6. The lowest BCUT2D eigenvalue weighted by Crippen LogP contribution is -2.22. The van der Waals surface area contributed by atoms with Crippen LogP contribution in [-0.4, -0.2) is 15.5 Å². The summed E-state index contributed by atoms with van der Waals surface area (Å²) >= 11 is 1.20. The summed E-state index contributed by atoms with van der Waals surface area (Å²) in [6.45, 7) is 5.82. The fourth-order valence-corrected chi connectivity index (χ4v) is 3.52. The number of rotatable bonds is 4. The van der Waals surface area contributed by atoms with Crippen LogP contribution in [0.2, 0.25) is 0 Å². The van der Waals surface area contributed by atoms with Crippen molar-refractivity contribution in [3.05, 3.63) is 63.0 Å². The summed E-state index contributed by atoms with van der Waals surface area (Å²) in [6, 6.07) is 9.51. The zero-order chi connectivity index (χ0) is 17.3. The number of thiophene rings is 1. The summed E-state index contributed by atoms with van der Waals surface area (Å²) in [5.41, 5.74) is 1.44. The van der Waals surface area contributed by atoms with E-state index in [4.69, 9.17) is 4.74 Å². The van der Waals surface area contributed by atoms with E-state index < -0.39 is 5.97 Å². The maximum atomic E-state index is 12.6. The van der Waals surface area contributed by atoms with E-state index in [9.17, 15) is 9.59 Å². The molecule has 24 heavy (non-hydrogen) atoms. The molecule has 0 saturated carbocycles. The first-order chi connectivity index (χ1) is 11.5. The van der Waals surface area contributed by atoms with Crippen molar-refractivity contribution in [1.82, 2.24) is 9.55 Å². The average Bonchev–Trinajstić information content (AvgIpc) is 2.91. The van der Waals surface area contributed by atoms with Crippen LogP contribution >= 0.6 is 11.3 Å². The van der Waals surface area contributed by atoms with Gasteiger partial charge < -0.3 is 4.74 Å². The largest absolute Gasteiger partial charge is 0.457 e. The predicted octanol–water partition coefficient (Wildman–Crippen LogP) is 3.70. The summed E-state index contributed by atoms with van der Waals surface area (Å²) in [5.74, 6) is -0.421. The minimum absolute atomic E-state index is 0.0159. The molecule has 2 aromatic heterocycles.